The molecular formula is C21H24Cl2N2O. The number of nitrogens with one attached hydrogen (secondary N) is 1. The standard InChI is InChI=1S/C21H24Cl2N2O/c1-14-5-6-15(2)20(10-14)24-21(26)17-4-3-9-25(13-17)12-16-7-8-18(22)11-19(16)23/h5-8,10-11,17H,3-4,9,12-13H2,1-2H3,(H,24,26)/t17-/m0/s1. The Balaban J connectivity index is 1.64. The molecule has 1 N–H and O–H groups in total. The molecule has 26 heavy (non-hydrogen) atoms. The number of amides is 1. The van der Waals surface area contributed by atoms with Gasteiger partial charge < -0.3 is 5.32 Å². The van der Waals surface area contributed by atoms with E-state index in [0.29, 0.717) is 10.0 Å². The minimum atomic E-state index is -0.00487. The van der Waals surface area contributed by atoms with Crippen molar-refractivity contribution in [3.63, 3.8) is 0 Å². The van der Waals surface area contributed by atoms with Crippen molar-refractivity contribution >= 4 is 34.8 Å². The van der Waals surface area contributed by atoms with Gasteiger partial charge in [0.15, 0.2) is 0 Å². The van der Waals surface area contributed by atoms with Crippen LogP contribution in [0.5, 0.6) is 0 Å². The maximum Gasteiger partial charge on any atom is 0.228 e. The molecule has 0 aromatic heterocycles. The van der Waals surface area contributed by atoms with Crippen LogP contribution in [0.2, 0.25) is 10.0 Å². The van der Waals surface area contributed by atoms with Gasteiger partial charge in [0, 0.05) is 28.8 Å². The summed E-state index contributed by atoms with van der Waals surface area (Å²) < 4.78 is 0. The number of nitrogens with zero attached hydrogens (tertiary/aromatic N) is 1. The van der Waals surface area contributed by atoms with Crippen LogP contribution in [-0.2, 0) is 11.3 Å². The summed E-state index contributed by atoms with van der Waals surface area (Å²) in [5.74, 6) is 0.0975. The molecule has 1 fully saturated rings. The first kappa shape index (κ1) is 19.2. The molecule has 1 aliphatic heterocycles. The van der Waals surface area contributed by atoms with Gasteiger partial charge in [-0.1, -0.05) is 41.4 Å². The predicted molar refractivity (Wildman–Crippen MR) is 109 cm³/mol. The minimum absolute atomic E-state index is 0.00487. The molecule has 1 heterocycles. The number of rotatable bonds is 4. The molecule has 3 rings (SSSR count). The van der Waals surface area contributed by atoms with Crippen LogP contribution in [-0.4, -0.2) is 23.9 Å². The van der Waals surface area contributed by atoms with Gasteiger partial charge in [0.1, 0.15) is 0 Å². The van der Waals surface area contributed by atoms with Crippen LogP contribution in [0.1, 0.15) is 29.5 Å². The van der Waals surface area contributed by atoms with Gasteiger partial charge in [-0.2, -0.15) is 0 Å². The zero-order chi connectivity index (χ0) is 18.7. The van der Waals surface area contributed by atoms with E-state index in [-0.39, 0.29) is 11.8 Å². The van der Waals surface area contributed by atoms with Crippen molar-refractivity contribution < 1.29 is 4.79 Å². The number of hydrogen-bond acceptors (Lipinski definition) is 2. The third-order valence-electron chi connectivity index (χ3n) is 4.94. The van der Waals surface area contributed by atoms with Crippen LogP contribution < -0.4 is 5.32 Å². The topological polar surface area (TPSA) is 32.3 Å². The SMILES string of the molecule is Cc1ccc(C)c(NC(=O)[C@H]2CCCN(Cc3ccc(Cl)cc3Cl)C2)c1. The monoisotopic (exact) mass is 390 g/mol. The fourth-order valence-corrected chi connectivity index (χ4v) is 3.88. The van der Waals surface area contributed by atoms with Crippen molar-refractivity contribution in [1.82, 2.24) is 4.90 Å². The quantitative estimate of drug-likeness (QED) is 0.751. The number of carbonyl (C=O) groups is 1. The van der Waals surface area contributed by atoms with Crippen molar-refractivity contribution in [2.75, 3.05) is 18.4 Å². The van der Waals surface area contributed by atoms with Crippen molar-refractivity contribution in [3.8, 4) is 0 Å². The summed E-state index contributed by atoms with van der Waals surface area (Å²) in [5, 5.41) is 4.44. The molecule has 1 atom stereocenters. The highest BCUT2D eigenvalue weighted by molar-refractivity contribution is 6.35. The maximum absolute atomic E-state index is 12.8. The van der Waals surface area contributed by atoms with E-state index in [1.807, 2.05) is 38.1 Å². The van der Waals surface area contributed by atoms with Crippen LogP contribution in [0.4, 0.5) is 5.69 Å². The van der Waals surface area contributed by atoms with E-state index in [4.69, 9.17) is 23.2 Å². The molecular weight excluding hydrogens is 367 g/mol. The van der Waals surface area contributed by atoms with Crippen molar-refractivity contribution in [2.45, 2.75) is 33.2 Å². The van der Waals surface area contributed by atoms with E-state index >= 15 is 0 Å². The summed E-state index contributed by atoms with van der Waals surface area (Å²) in [4.78, 5) is 15.1. The fourth-order valence-electron chi connectivity index (χ4n) is 3.41. The molecule has 2 aromatic carbocycles. The van der Waals surface area contributed by atoms with Gasteiger partial charge >= 0.3 is 0 Å². The van der Waals surface area contributed by atoms with Crippen LogP contribution in [0.3, 0.4) is 0 Å². The molecule has 0 radical (unpaired) electrons. The highest BCUT2D eigenvalue weighted by Gasteiger charge is 2.26. The molecule has 3 nitrogen and oxygen atoms in total. The zero-order valence-electron chi connectivity index (χ0n) is 15.2. The summed E-state index contributed by atoms with van der Waals surface area (Å²) in [6.07, 6.45) is 1.93. The highest BCUT2D eigenvalue weighted by atomic mass is 35.5. The Hall–Kier alpha value is -1.55. The third kappa shape index (κ3) is 4.79. The highest BCUT2D eigenvalue weighted by Crippen LogP contribution is 2.26. The molecule has 1 saturated heterocycles. The Kier molecular flexibility index (Phi) is 6.23. The minimum Gasteiger partial charge on any atom is -0.326 e. The molecule has 0 aliphatic carbocycles. The number of aryl methyl sites for hydroxylation is 2. The van der Waals surface area contributed by atoms with Crippen LogP contribution >= 0.6 is 23.2 Å². The number of hydrogen-bond donors (Lipinski definition) is 1. The van der Waals surface area contributed by atoms with E-state index in [1.54, 1.807) is 6.07 Å². The first-order chi connectivity index (χ1) is 12.4. The molecule has 0 bridgehead atoms. The number of anilines is 1. The van der Waals surface area contributed by atoms with Crippen LogP contribution in [0.25, 0.3) is 0 Å². The van der Waals surface area contributed by atoms with Crippen molar-refractivity contribution in [3.05, 3.63) is 63.1 Å². The number of benzene rings is 2. The first-order valence-corrected chi connectivity index (χ1v) is 9.72. The molecule has 138 valence electrons. The number of piperidine rings is 1. The van der Waals surface area contributed by atoms with Gasteiger partial charge in [0.2, 0.25) is 5.91 Å². The molecule has 2 aromatic rings. The Bertz CT molecular complexity index is 807. The average Bonchev–Trinajstić information content (AvgIpc) is 2.61. The second-order valence-corrected chi connectivity index (χ2v) is 7.96. The Morgan fingerprint density at radius 2 is 2.00 bits per heavy atom. The molecule has 1 aliphatic rings. The van der Waals surface area contributed by atoms with Gasteiger partial charge in [-0.25, -0.2) is 0 Å². The van der Waals surface area contributed by atoms with Crippen molar-refractivity contribution in [1.29, 1.82) is 0 Å². The Morgan fingerprint density at radius 1 is 1.19 bits per heavy atom. The van der Waals surface area contributed by atoms with Gasteiger partial charge in [0.25, 0.3) is 0 Å². The smallest absolute Gasteiger partial charge is 0.228 e. The van der Waals surface area contributed by atoms with Gasteiger partial charge in [0.05, 0.1) is 5.92 Å². The molecule has 0 unspecified atom stereocenters. The lowest BCUT2D eigenvalue weighted by atomic mass is 9.96. The number of halogens is 2. The maximum atomic E-state index is 12.8. The lowest BCUT2D eigenvalue weighted by Gasteiger charge is -2.32. The second-order valence-electron chi connectivity index (χ2n) is 7.12. The summed E-state index contributed by atoms with van der Waals surface area (Å²) in [6.45, 7) is 6.52. The van der Waals surface area contributed by atoms with E-state index < -0.39 is 0 Å². The molecule has 5 heteroatoms. The number of carbonyl (C=O) groups excluding carboxylic acids is 1. The molecule has 0 spiro atoms. The van der Waals surface area contributed by atoms with E-state index in [1.165, 1.54) is 0 Å². The second kappa shape index (κ2) is 8.43. The van der Waals surface area contributed by atoms with Crippen LogP contribution in [0, 0.1) is 19.8 Å². The average molecular weight is 391 g/mol. The van der Waals surface area contributed by atoms with Gasteiger partial charge in [-0.05, 0) is 68.1 Å². The normalized spacial score (nSPS) is 17.9. The van der Waals surface area contributed by atoms with E-state index in [2.05, 4.69) is 16.3 Å². The third-order valence-corrected chi connectivity index (χ3v) is 5.52. The summed E-state index contributed by atoms with van der Waals surface area (Å²) in [5.41, 5.74) is 4.19. The lowest BCUT2D eigenvalue weighted by Crippen LogP contribution is -2.40. The number of likely N-dealkylation sites (tertiary alicyclic amines) is 1. The summed E-state index contributed by atoms with van der Waals surface area (Å²) in [7, 11) is 0. The predicted octanol–water partition coefficient (Wildman–Crippen LogP) is 5.46. The van der Waals surface area contributed by atoms with Gasteiger partial charge in [-0.3, -0.25) is 9.69 Å². The summed E-state index contributed by atoms with van der Waals surface area (Å²) >= 11 is 12.3. The largest absolute Gasteiger partial charge is 0.326 e. The zero-order valence-corrected chi connectivity index (χ0v) is 16.7. The molecule has 0 saturated carbocycles. The first-order valence-electron chi connectivity index (χ1n) is 8.97. The Labute approximate surface area is 165 Å². The van der Waals surface area contributed by atoms with Crippen molar-refractivity contribution in [2.24, 2.45) is 5.92 Å². The van der Waals surface area contributed by atoms with E-state index in [9.17, 15) is 4.79 Å². The molecule has 1 amide bonds. The fraction of sp³-hybridized carbons (Fsp3) is 0.381. The Morgan fingerprint density at radius 3 is 2.77 bits per heavy atom. The van der Waals surface area contributed by atoms with Gasteiger partial charge in [-0.15, -0.1) is 0 Å². The lowest BCUT2D eigenvalue weighted by molar-refractivity contribution is -0.121. The van der Waals surface area contributed by atoms with E-state index in [0.717, 1.165) is 54.9 Å². The van der Waals surface area contributed by atoms with Crippen LogP contribution in [0.15, 0.2) is 36.4 Å². The summed E-state index contributed by atoms with van der Waals surface area (Å²) in [6, 6.07) is 11.7.